The highest BCUT2D eigenvalue weighted by Crippen LogP contribution is 2.29. The van der Waals surface area contributed by atoms with Crippen molar-refractivity contribution in [1.29, 1.82) is 5.39 Å². The number of nitrogens with zero attached hydrogens (tertiary/aromatic N) is 3. The number of hydrogen-bond acceptors (Lipinski definition) is 7. The fourth-order valence-electron chi connectivity index (χ4n) is 1.41. The molecule has 9 nitrogen and oxygen atoms in total. The molecule has 0 bridgehead atoms. The van der Waals surface area contributed by atoms with Crippen LogP contribution in [0.2, 0.25) is 0 Å². The maximum atomic E-state index is 10.4. The summed E-state index contributed by atoms with van der Waals surface area (Å²) in [4.78, 5) is 12.0. The zero-order valence-electron chi connectivity index (χ0n) is 11.8. The highest BCUT2D eigenvalue weighted by molar-refractivity contribution is 7.85. The Kier molecular flexibility index (Phi) is 5.72. The lowest BCUT2D eigenvalue weighted by atomic mass is 10.2. The molecule has 0 radical (unpaired) electrons. The Hall–Kier alpha value is -3.03. The number of non-ortho nitro benzene ring substituents is 1. The molecular weight excluding hydrogens is 326 g/mol. The summed E-state index contributed by atoms with van der Waals surface area (Å²) in [7, 11) is -4.27. The number of diazo groups is 1. The molecule has 120 valence electrons. The monoisotopic (exact) mass is 337 g/mol. The summed E-state index contributed by atoms with van der Waals surface area (Å²) in [5.74, 6) is -0.303. The van der Waals surface area contributed by atoms with Crippen LogP contribution in [-0.2, 0) is 10.1 Å². The molecule has 10 heteroatoms. The van der Waals surface area contributed by atoms with E-state index in [1.54, 1.807) is 12.1 Å². The molecule has 0 amide bonds. The van der Waals surface area contributed by atoms with Gasteiger partial charge in [0.1, 0.15) is 16.2 Å². The number of aromatic hydroxyl groups is 1. The first-order valence-electron chi connectivity index (χ1n) is 6.00. The van der Waals surface area contributed by atoms with Gasteiger partial charge in [0.15, 0.2) is 4.98 Å². The van der Waals surface area contributed by atoms with Crippen molar-refractivity contribution in [2.75, 3.05) is 0 Å². The number of aryl methyl sites for hydroxylation is 1. The van der Waals surface area contributed by atoms with Gasteiger partial charge in [0.2, 0.25) is 11.1 Å². The van der Waals surface area contributed by atoms with Gasteiger partial charge in [-0.15, -0.1) is 0 Å². The van der Waals surface area contributed by atoms with Crippen LogP contribution in [0.1, 0.15) is 5.56 Å². The van der Waals surface area contributed by atoms with E-state index in [4.69, 9.17) is 10.5 Å². The van der Waals surface area contributed by atoms with E-state index in [2.05, 4.69) is 4.98 Å². The van der Waals surface area contributed by atoms with Gasteiger partial charge in [0.05, 0.1) is 9.82 Å². The fourth-order valence-corrected chi connectivity index (χ4v) is 1.88. The molecule has 0 saturated heterocycles. The normalized spacial score (nSPS) is 10.1. The van der Waals surface area contributed by atoms with Gasteiger partial charge in [-0.25, -0.2) is 8.42 Å². The van der Waals surface area contributed by atoms with Crippen LogP contribution in [-0.4, -0.2) is 23.0 Å². The maximum Gasteiger partial charge on any atom is 0.432 e. The minimum atomic E-state index is -4.27. The van der Waals surface area contributed by atoms with E-state index in [0.29, 0.717) is 0 Å². The number of nitro groups is 1. The smallest absolute Gasteiger partial charge is 0.432 e. The summed E-state index contributed by atoms with van der Waals surface area (Å²) < 4.78 is 31.2. The molecule has 0 unspecified atom stereocenters. The summed E-state index contributed by atoms with van der Waals surface area (Å²) in [5, 5.41) is 27.4. The number of hydrogen-bond donors (Lipinski definition) is 1. The fraction of sp³-hybridized carbons (Fsp3) is 0.0769. The van der Waals surface area contributed by atoms with E-state index in [-0.39, 0.29) is 22.0 Å². The summed E-state index contributed by atoms with van der Waals surface area (Å²) in [6, 6.07) is 8.96. The van der Waals surface area contributed by atoms with Gasteiger partial charge in [0, 0.05) is 6.07 Å². The molecule has 0 spiro atoms. The molecule has 0 heterocycles. The summed E-state index contributed by atoms with van der Waals surface area (Å²) in [6.07, 6.45) is 0. The second-order valence-corrected chi connectivity index (χ2v) is 5.68. The molecule has 2 rings (SSSR count). The molecule has 1 N–H and O–H groups in total. The first-order chi connectivity index (χ1) is 10.6. The van der Waals surface area contributed by atoms with Crippen LogP contribution in [0.15, 0.2) is 47.4 Å². The Morgan fingerprint density at radius 1 is 1.17 bits per heavy atom. The van der Waals surface area contributed by atoms with Crippen molar-refractivity contribution in [3.05, 3.63) is 63.1 Å². The van der Waals surface area contributed by atoms with Crippen LogP contribution in [0.4, 0.5) is 11.4 Å². The maximum absolute atomic E-state index is 10.4. The van der Waals surface area contributed by atoms with Crippen LogP contribution in [0.5, 0.6) is 5.75 Å². The second kappa shape index (κ2) is 7.30. The zero-order valence-corrected chi connectivity index (χ0v) is 12.6. The minimum Gasteiger partial charge on any atom is -0.744 e. The van der Waals surface area contributed by atoms with Gasteiger partial charge in [-0.2, -0.15) is 0 Å². The third kappa shape index (κ3) is 5.34. The predicted octanol–water partition coefficient (Wildman–Crippen LogP) is 2.68. The molecule has 0 atom stereocenters. The SMILES string of the molecule is Cc1ccc(S(=O)(=O)[O-])cc1.N#[N+]c1cc([N+](=O)[O-])ccc1O. The molecule has 0 aromatic heterocycles. The molecular formula is C13H11N3O6S. The van der Waals surface area contributed by atoms with E-state index in [1.165, 1.54) is 12.1 Å². The molecule has 0 aliphatic heterocycles. The standard InChI is InChI=1S/C7H8O3S.C6H3N3O3/c1-6-2-4-7(5-3-6)11(8,9)10;7-8-5-3-4(9(11)12)1-2-6(5)10/h2-5H,1H3,(H,8,9,10);1-3H. The third-order valence-corrected chi connectivity index (χ3v) is 3.44. The molecule has 23 heavy (non-hydrogen) atoms. The minimum absolute atomic E-state index is 0.178. The summed E-state index contributed by atoms with van der Waals surface area (Å²) in [6.45, 7) is 1.82. The second-order valence-electron chi connectivity index (χ2n) is 4.30. The lowest BCUT2D eigenvalue weighted by molar-refractivity contribution is -0.384. The Balaban J connectivity index is 0.000000231. The van der Waals surface area contributed by atoms with Crippen molar-refractivity contribution in [2.24, 2.45) is 0 Å². The van der Waals surface area contributed by atoms with Crippen molar-refractivity contribution in [1.82, 2.24) is 0 Å². The predicted molar refractivity (Wildman–Crippen MR) is 78.6 cm³/mol. The summed E-state index contributed by atoms with van der Waals surface area (Å²) >= 11 is 0. The van der Waals surface area contributed by atoms with Crippen LogP contribution < -0.4 is 0 Å². The largest absolute Gasteiger partial charge is 0.744 e. The van der Waals surface area contributed by atoms with Crippen molar-refractivity contribution in [3.8, 4) is 5.75 Å². The van der Waals surface area contributed by atoms with Gasteiger partial charge in [-0.3, -0.25) is 10.1 Å². The van der Waals surface area contributed by atoms with Crippen LogP contribution in [0.25, 0.3) is 4.98 Å². The summed E-state index contributed by atoms with van der Waals surface area (Å²) in [5.41, 5.74) is 0.474. The Morgan fingerprint density at radius 3 is 2.17 bits per heavy atom. The van der Waals surface area contributed by atoms with E-state index in [0.717, 1.165) is 23.8 Å². The van der Waals surface area contributed by atoms with E-state index >= 15 is 0 Å². The Labute approximate surface area is 131 Å². The first kappa shape index (κ1) is 18.0. The molecule has 0 fully saturated rings. The molecule has 0 saturated carbocycles. The van der Waals surface area contributed by atoms with Crippen LogP contribution >= 0.6 is 0 Å². The van der Waals surface area contributed by atoms with Crippen molar-refractivity contribution < 1.29 is 23.0 Å². The highest BCUT2D eigenvalue weighted by atomic mass is 32.2. The Morgan fingerprint density at radius 2 is 1.74 bits per heavy atom. The van der Waals surface area contributed by atoms with Gasteiger partial charge in [0.25, 0.3) is 5.69 Å². The van der Waals surface area contributed by atoms with Crippen molar-refractivity contribution >= 4 is 21.5 Å². The first-order valence-corrected chi connectivity index (χ1v) is 7.41. The molecule has 0 aliphatic rings. The average molecular weight is 337 g/mol. The van der Waals surface area contributed by atoms with Crippen molar-refractivity contribution in [3.63, 3.8) is 0 Å². The van der Waals surface area contributed by atoms with E-state index < -0.39 is 15.0 Å². The van der Waals surface area contributed by atoms with Gasteiger partial charge in [-0.05, 0) is 25.1 Å². The number of phenols is 1. The van der Waals surface area contributed by atoms with Gasteiger partial charge in [-0.1, -0.05) is 17.7 Å². The van der Waals surface area contributed by atoms with Gasteiger partial charge < -0.3 is 9.66 Å². The quantitative estimate of drug-likeness (QED) is 0.383. The lowest BCUT2D eigenvalue weighted by Crippen LogP contribution is -1.97. The van der Waals surface area contributed by atoms with Crippen molar-refractivity contribution in [2.45, 2.75) is 11.8 Å². The van der Waals surface area contributed by atoms with E-state index in [1.807, 2.05) is 6.92 Å². The number of phenolic OH excluding ortho intramolecular Hbond substituents is 1. The molecule has 0 aliphatic carbocycles. The molecule has 2 aromatic carbocycles. The van der Waals surface area contributed by atoms with Crippen LogP contribution in [0.3, 0.4) is 0 Å². The number of rotatable bonds is 2. The number of benzene rings is 2. The third-order valence-electron chi connectivity index (χ3n) is 2.59. The average Bonchev–Trinajstić information content (AvgIpc) is 2.47. The number of nitro benzene ring substituents is 1. The highest BCUT2D eigenvalue weighted by Gasteiger charge is 2.18. The topological polar surface area (TPSA) is 149 Å². The molecule has 2 aromatic rings. The van der Waals surface area contributed by atoms with Gasteiger partial charge >= 0.3 is 5.69 Å². The van der Waals surface area contributed by atoms with E-state index in [9.17, 15) is 23.1 Å². The zero-order chi connectivity index (χ0) is 17.6. The lowest BCUT2D eigenvalue weighted by Gasteiger charge is -2.05. The Bertz CT molecular complexity index is 856. The van der Waals surface area contributed by atoms with Crippen LogP contribution in [0, 0.1) is 22.4 Å².